The summed E-state index contributed by atoms with van der Waals surface area (Å²) in [5.74, 6) is 1.62. The van der Waals surface area contributed by atoms with Crippen molar-refractivity contribution >= 4 is 5.90 Å². The van der Waals surface area contributed by atoms with Crippen LogP contribution in [0.3, 0.4) is 0 Å². The standard InChI is InChI=1S/C10H21NO/c1-5-10(6-2)7-8-11-9(3)12-4/h10H,5-8H2,1-4H3. The first-order valence-corrected chi connectivity index (χ1v) is 4.79. The Bertz CT molecular complexity index is 128. The number of aliphatic imine (C=N–C) groups is 1. The molecule has 0 amide bonds. The van der Waals surface area contributed by atoms with E-state index in [1.807, 2.05) is 6.92 Å². The second-order valence-electron chi connectivity index (χ2n) is 3.08. The van der Waals surface area contributed by atoms with Crippen LogP contribution in [0.5, 0.6) is 0 Å². The molecule has 0 aromatic heterocycles. The van der Waals surface area contributed by atoms with Crippen molar-refractivity contribution in [3.05, 3.63) is 0 Å². The van der Waals surface area contributed by atoms with Crippen molar-refractivity contribution in [2.75, 3.05) is 13.7 Å². The molecular weight excluding hydrogens is 150 g/mol. The predicted octanol–water partition coefficient (Wildman–Crippen LogP) is 2.88. The smallest absolute Gasteiger partial charge is 0.179 e. The minimum atomic E-state index is 0.793. The maximum atomic E-state index is 4.95. The lowest BCUT2D eigenvalue weighted by Crippen LogP contribution is -2.01. The normalized spacial score (nSPS) is 12.2. The Kier molecular flexibility index (Phi) is 6.82. The van der Waals surface area contributed by atoms with Crippen LogP contribution in [-0.4, -0.2) is 19.6 Å². The van der Waals surface area contributed by atoms with Crippen LogP contribution >= 0.6 is 0 Å². The van der Waals surface area contributed by atoms with E-state index < -0.39 is 0 Å². The molecule has 0 aliphatic carbocycles. The fraction of sp³-hybridized carbons (Fsp3) is 0.900. The van der Waals surface area contributed by atoms with E-state index in [1.54, 1.807) is 7.11 Å². The van der Waals surface area contributed by atoms with E-state index in [1.165, 1.54) is 19.3 Å². The third kappa shape index (κ3) is 5.16. The highest BCUT2D eigenvalue weighted by molar-refractivity contribution is 5.72. The highest BCUT2D eigenvalue weighted by Crippen LogP contribution is 2.11. The minimum Gasteiger partial charge on any atom is -0.484 e. The van der Waals surface area contributed by atoms with Gasteiger partial charge in [0.05, 0.1) is 7.11 Å². The van der Waals surface area contributed by atoms with Crippen molar-refractivity contribution in [3.8, 4) is 0 Å². The molecule has 72 valence electrons. The Hall–Kier alpha value is -0.530. The van der Waals surface area contributed by atoms with Crippen LogP contribution in [0, 0.1) is 5.92 Å². The van der Waals surface area contributed by atoms with Crippen molar-refractivity contribution in [2.24, 2.45) is 10.9 Å². The average Bonchev–Trinajstić information content (AvgIpc) is 2.12. The zero-order valence-electron chi connectivity index (χ0n) is 8.76. The first-order chi connectivity index (χ1) is 5.74. The van der Waals surface area contributed by atoms with Gasteiger partial charge in [-0.1, -0.05) is 26.7 Å². The Morgan fingerprint density at radius 1 is 1.33 bits per heavy atom. The van der Waals surface area contributed by atoms with Crippen LogP contribution in [0.4, 0.5) is 0 Å². The number of methoxy groups -OCH3 is 1. The van der Waals surface area contributed by atoms with Crippen molar-refractivity contribution in [3.63, 3.8) is 0 Å². The summed E-state index contributed by atoms with van der Waals surface area (Å²) in [6.07, 6.45) is 3.71. The molecule has 0 saturated heterocycles. The Morgan fingerprint density at radius 3 is 2.33 bits per heavy atom. The molecule has 2 heteroatoms. The lowest BCUT2D eigenvalue weighted by molar-refractivity contribution is 0.394. The van der Waals surface area contributed by atoms with Gasteiger partial charge >= 0.3 is 0 Å². The molecule has 0 bridgehead atoms. The van der Waals surface area contributed by atoms with E-state index in [0.717, 1.165) is 18.4 Å². The van der Waals surface area contributed by atoms with E-state index >= 15 is 0 Å². The molecule has 0 aliphatic rings. The van der Waals surface area contributed by atoms with Crippen molar-refractivity contribution < 1.29 is 4.74 Å². The summed E-state index contributed by atoms with van der Waals surface area (Å²) in [5.41, 5.74) is 0. The molecule has 2 nitrogen and oxygen atoms in total. The molecule has 12 heavy (non-hydrogen) atoms. The monoisotopic (exact) mass is 171 g/mol. The molecular formula is C10H21NO. The van der Waals surface area contributed by atoms with Gasteiger partial charge in [0.25, 0.3) is 0 Å². The molecule has 0 spiro atoms. The lowest BCUT2D eigenvalue weighted by Gasteiger charge is -2.09. The van der Waals surface area contributed by atoms with Gasteiger partial charge in [-0.25, -0.2) is 0 Å². The van der Waals surface area contributed by atoms with Crippen LogP contribution < -0.4 is 0 Å². The molecule has 0 radical (unpaired) electrons. The molecule has 0 heterocycles. The average molecular weight is 171 g/mol. The first kappa shape index (κ1) is 11.5. The SMILES string of the molecule is CCC(CC)CCN=C(C)OC. The first-order valence-electron chi connectivity index (χ1n) is 4.79. The van der Waals surface area contributed by atoms with Crippen LogP contribution in [0.2, 0.25) is 0 Å². The summed E-state index contributed by atoms with van der Waals surface area (Å²) in [6, 6.07) is 0. The van der Waals surface area contributed by atoms with Gasteiger partial charge in [0.1, 0.15) is 0 Å². The van der Waals surface area contributed by atoms with Crippen LogP contribution in [0.15, 0.2) is 4.99 Å². The summed E-state index contributed by atoms with van der Waals surface area (Å²) >= 11 is 0. The third-order valence-corrected chi connectivity index (χ3v) is 2.32. The molecule has 0 atom stereocenters. The summed E-state index contributed by atoms with van der Waals surface area (Å²) in [5, 5.41) is 0. The van der Waals surface area contributed by atoms with Gasteiger partial charge in [-0.2, -0.15) is 0 Å². The van der Waals surface area contributed by atoms with Gasteiger partial charge in [-0.3, -0.25) is 4.99 Å². The van der Waals surface area contributed by atoms with Crippen LogP contribution in [-0.2, 0) is 4.74 Å². The topological polar surface area (TPSA) is 21.6 Å². The van der Waals surface area contributed by atoms with Gasteiger partial charge in [0, 0.05) is 13.5 Å². The maximum Gasteiger partial charge on any atom is 0.179 e. The van der Waals surface area contributed by atoms with Crippen molar-refractivity contribution in [2.45, 2.75) is 40.0 Å². The fourth-order valence-electron chi connectivity index (χ4n) is 1.17. The summed E-state index contributed by atoms with van der Waals surface area (Å²) in [4.78, 5) is 4.27. The van der Waals surface area contributed by atoms with Gasteiger partial charge in [0.15, 0.2) is 5.90 Å². The van der Waals surface area contributed by atoms with Crippen molar-refractivity contribution in [1.29, 1.82) is 0 Å². The van der Waals surface area contributed by atoms with E-state index in [-0.39, 0.29) is 0 Å². The highest BCUT2D eigenvalue weighted by atomic mass is 16.5. The number of hydrogen-bond donors (Lipinski definition) is 0. The predicted molar refractivity (Wildman–Crippen MR) is 53.7 cm³/mol. The Balaban J connectivity index is 3.53. The second kappa shape index (κ2) is 7.14. The molecule has 0 fully saturated rings. The summed E-state index contributed by atoms with van der Waals surface area (Å²) in [6.45, 7) is 7.28. The summed E-state index contributed by atoms with van der Waals surface area (Å²) in [7, 11) is 1.66. The highest BCUT2D eigenvalue weighted by Gasteiger charge is 2.01. The van der Waals surface area contributed by atoms with Crippen molar-refractivity contribution in [1.82, 2.24) is 0 Å². The molecule has 0 aromatic carbocycles. The largest absolute Gasteiger partial charge is 0.484 e. The summed E-state index contributed by atoms with van der Waals surface area (Å²) < 4.78 is 4.95. The number of rotatable bonds is 5. The molecule has 0 unspecified atom stereocenters. The van der Waals surface area contributed by atoms with Gasteiger partial charge in [-0.05, 0) is 12.3 Å². The molecule has 0 saturated carbocycles. The zero-order chi connectivity index (χ0) is 9.40. The minimum absolute atomic E-state index is 0.793. The van der Waals surface area contributed by atoms with Gasteiger partial charge in [-0.15, -0.1) is 0 Å². The van der Waals surface area contributed by atoms with Gasteiger partial charge in [0.2, 0.25) is 0 Å². The number of hydrogen-bond acceptors (Lipinski definition) is 2. The van der Waals surface area contributed by atoms with Gasteiger partial charge < -0.3 is 4.74 Å². The fourth-order valence-corrected chi connectivity index (χ4v) is 1.17. The Morgan fingerprint density at radius 2 is 1.92 bits per heavy atom. The number of ether oxygens (including phenoxy) is 1. The van der Waals surface area contributed by atoms with Crippen LogP contribution in [0.25, 0.3) is 0 Å². The Labute approximate surface area is 76.0 Å². The molecule has 0 rings (SSSR count). The van der Waals surface area contributed by atoms with Crippen LogP contribution in [0.1, 0.15) is 40.0 Å². The second-order valence-corrected chi connectivity index (χ2v) is 3.08. The zero-order valence-corrected chi connectivity index (χ0v) is 8.76. The number of nitrogens with zero attached hydrogens (tertiary/aromatic N) is 1. The van der Waals surface area contributed by atoms with E-state index in [2.05, 4.69) is 18.8 Å². The quantitative estimate of drug-likeness (QED) is 0.460. The van der Waals surface area contributed by atoms with E-state index in [9.17, 15) is 0 Å². The lowest BCUT2D eigenvalue weighted by atomic mass is 10.00. The van der Waals surface area contributed by atoms with E-state index in [4.69, 9.17) is 4.74 Å². The molecule has 0 aliphatic heterocycles. The maximum absolute atomic E-state index is 4.95. The molecule has 0 N–H and O–H groups in total. The van der Waals surface area contributed by atoms with E-state index in [0.29, 0.717) is 0 Å². The molecule has 0 aromatic rings. The third-order valence-electron chi connectivity index (χ3n) is 2.32.